The highest BCUT2D eigenvalue weighted by Crippen LogP contribution is 2.46. The second-order valence-corrected chi connectivity index (χ2v) is 17.6. The molecule has 0 spiro atoms. The van der Waals surface area contributed by atoms with Gasteiger partial charge in [0.25, 0.3) is 0 Å². The molecule has 0 radical (unpaired) electrons. The molecular weight excluding hydrogens is 749 g/mol. The van der Waals surface area contributed by atoms with E-state index in [1.54, 1.807) is 0 Å². The van der Waals surface area contributed by atoms with Crippen LogP contribution in [-0.2, 0) is 0 Å². The first-order chi connectivity index (χ1) is 30.1. The van der Waals surface area contributed by atoms with Crippen LogP contribution in [-0.4, -0.2) is 11.4 Å². The molecule has 1 aliphatic carbocycles. The Hall–Kier alpha value is -6.64. The minimum absolute atomic E-state index is 0.105. The predicted molar refractivity (Wildman–Crippen MR) is 264 cm³/mol. The van der Waals surface area contributed by atoms with Crippen molar-refractivity contribution >= 4 is 33.6 Å². The molecule has 0 aromatic heterocycles. The number of nitrogens with zero attached hydrogens (tertiary/aromatic N) is 2. The van der Waals surface area contributed by atoms with E-state index in [0.717, 1.165) is 22.8 Å². The molecule has 2 nitrogen and oxygen atoms in total. The van der Waals surface area contributed by atoms with E-state index in [1.807, 2.05) is 0 Å². The van der Waals surface area contributed by atoms with Gasteiger partial charge in [0.05, 0.1) is 22.8 Å². The maximum Gasteiger partial charge on any atom is 0.0981 e. The molecule has 2 heteroatoms. The Morgan fingerprint density at radius 1 is 0.339 bits per heavy atom. The summed E-state index contributed by atoms with van der Waals surface area (Å²) in [5.41, 5.74) is 21.2. The van der Waals surface area contributed by atoms with Crippen molar-refractivity contribution in [3.8, 4) is 0 Å². The van der Waals surface area contributed by atoms with Crippen LogP contribution < -0.4 is 0 Å². The molecule has 306 valence electrons. The average Bonchev–Trinajstić information content (AvgIpc) is 3.64. The van der Waals surface area contributed by atoms with Gasteiger partial charge in [-0.05, 0) is 88.7 Å². The van der Waals surface area contributed by atoms with Crippen molar-refractivity contribution in [2.24, 2.45) is 9.98 Å². The van der Waals surface area contributed by atoms with Crippen LogP contribution in [0, 0.1) is 27.7 Å². The summed E-state index contributed by atoms with van der Waals surface area (Å²) in [6.45, 7) is 18.3. The van der Waals surface area contributed by atoms with Crippen LogP contribution in [0.1, 0.15) is 129 Å². The highest BCUT2D eigenvalue weighted by molar-refractivity contribution is 6.62. The monoisotopic (exact) mass is 804 g/mol. The highest BCUT2D eigenvalue weighted by Gasteiger charge is 2.33. The van der Waals surface area contributed by atoms with Gasteiger partial charge in [-0.3, -0.25) is 0 Å². The third-order valence-corrected chi connectivity index (χ3v) is 13.4. The minimum atomic E-state index is 0.105. The number of benzene rings is 8. The summed E-state index contributed by atoms with van der Waals surface area (Å²) in [6, 6.07) is 62.1. The quantitative estimate of drug-likeness (QED) is 0.132. The molecule has 0 fully saturated rings. The zero-order chi connectivity index (χ0) is 43.1. The lowest BCUT2D eigenvalue weighted by molar-refractivity contribution is 0.883. The molecule has 9 rings (SSSR count). The Balaban J connectivity index is 1.39. The average molecular weight is 805 g/mol. The first kappa shape index (κ1) is 40.7. The number of aryl methyl sites for hydroxylation is 4. The third-order valence-electron chi connectivity index (χ3n) is 13.4. The first-order valence-corrected chi connectivity index (χ1v) is 22.3. The van der Waals surface area contributed by atoms with Gasteiger partial charge < -0.3 is 0 Å². The summed E-state index contributed by atoms with van der Waals surface area (Å²) in [5.74, 6) is 0.421. The first-order valence-electron chi connectivity index (χ1n) is 22.3. The summed E-state index contributed by atoms with van der Waals surface area (Å²) >= 11 is 0. The summed E-state index contributed by atoms with van der Waals surface area (Å²) in [5, 5.41) is 2.45. The zero-order valence-corrected chi connectivity index (χ0v) is 37.4. The molecule has 0 amide bonds. The molecule has 0 heterocycles. The second-order valence-electron chi connectivity index (χ2n) is 17.6. The Bertz CT molecular complexity index is 2640. The second kappa shape index (κ2) is 17.0. The van der Waals surface area contributed by atoms with Gasteiger partial charge in [-0.25, -0.2) is 9.98 Å². The number of hydrogen-bond donors (Lipinski definition) is 0. The van der Waals surface area contributed by atoms with Crippen LogP contribution in [0.25, 0.3) is 10.8 Å². The fourth-order valence-corrected chi connectivity index (χ4v) is 9.85. The van der Waals surface area contributed by atoms with E-state index >= 15 is 0 Å². The number of hydrogen-bond acceptors (Lipinski definition) is 2. The van der Waals surface area contributed by atoms with Crippen molar-refractivity contribution in [1.29, 1.82) is 0 Å². The molecule has 0 saturated heterocycles. The van der Waals surface area contributed by atoms with Crippen LogP contribution in [0.3, 0.4) is 0 Å². The zero-order valence-electron chi connectivity index (χ0n) is 37.4. The van der Waals surface area contributed by atoms with E-state index < -0.39 is 0 Å². The maximum atomic E-state index is 6.08. The van der Waals surface area contributed by atoms with Gasteiger partial charge in [-0.2, -0.15) is 0 Å². The maximum absolute atomic E-state index is 6.08. The Morgan fingerprint density at radius 2 is 0.613 bits per heavy atom. The van der Waals surface area contributed by atoms with Crippen molar-refractivity contribution in [3.05, 3.63) is 248 Å². The van der Waals surface area contributed by atoms with Crippen molar-refractivity contribution in [2.45, 2.75) is 79.1 Å². The van der Waals surface area contributed by atoms with Gasteiger partial charge >= 0.3 is 0 Å². The third kappa shape index (κ3) is 7.53. The summed E-state index contributed by atoms with van der Waals surface area (Å²) in [6.07, 6.45) is 0. The van der Waals surface area contributed by atoms with Gasteiger partial charge in [-0.15, -0.1) is 0 Å². The van der Waals surface area contributed by atoms with E-state index in [0.29, 0.717) is 0 Å². The van der Waals surface area contributed by atoms with E-state index in [-0.39, 0.29) is 23.7 Å². The largest absolute Gasteiger partial charge is 0.245 e. The van der Waals surface area contributed by atoms with Crippen LogP contribution in [0.15, 0.2) is 180 Å². The van der Waals surface area contributed by atoms with E-state index in [9.17, 15) is 0 Å². The summed E-state index contributed by atoms with van der Waals surface area (Å²) < 4.78 is 0. The van der Waals surface area contributed by atoms with E-state index in [2.05, 4.69) is 225 Å². The van der Waals surface area contributed by atoms with Gasteiger partial charge in [0.2, 0.25) is 0 Å². The van der Waals surface area contributed by atoms with Crippen molar-refractivity contribution in [1.82, 2.24) is 0 Å². The van der Waals surface area contributed by atoms with Gasteiger partial charge in [0.15, 0.2) is 0 Å². The molecule has 4 atom stereocenters. The number of rotatable bonds is 10. The van der Waals surface area contributed by atoms with E-state index in [1.165, 1.54) is 88.7 Å². The van der Waals surface area contributed by atoms with Crippen molar-refractivity contribution in [3.63, 3.8) is 0 Å². The van der Waals surface area contributed by atoms with Gasteiger partial charge in [0, 0.05) is 40.2 Å². The normalized spacial score (nSPS) is 15.5. The lowest BCUT2D eigenvalue weighted by Crippen LogP contribution is -2.14. The van der Waals surface area contributed by atoms with Gasteiger partial charge in [0.1, 0.15) is 0 Å². The number of aliphatic imine (C=N–C) groups is 2. The molecule has 0 bridgehead atoms. The molecule has 1 aliphatic rings. The van der Waals surface area contributed by atoms with E-state index in [4.69, 9.17) is 9.98 Å². The SMILES string of the molecule is Cc1cc([C@H](C)c2ccccc2)c(N=C2C(=Nc3c([C@H](C)c4ccccc4)cc(C)cc3[C@H](C)c3ccccc3)c3c(C)ccc4ccc(C)c2c34)c([C@H](C)c2ccccc2)c1. The minimum Gasteiger partial charge on any atom is -0.245 e. The molecule has 0 unspecified atom stereocenters. The lowest BCUT2D eigenvalue weighted by atomic mass is 9.84. The highest BCUT2D eigenvalue weighted by atomic mass is 14.9. The smallest absolute Gasteiger partial charge is 0.0981 e. The van der Waals surface area contributed by atoms with Crippen LogP contribution in [0.4, 0.5) is 11.4 Å². The van der Waals surface area contributed by atoms with Gasteiger partial charge in [-0.1, -0.05) is 209 Å². The molecule has 0 saturated carbocycles. The Morgan fingerprint density at radius 3 is 0.887 bits per heavy atom. The molecule has 0 aliphatic heterocycles. The molecular formula is C60H56N2. The molecule has 0 N–H and O–H groups in total. The molecule has 8 aromatic rings. The van der Waals surface area contributed by atoms with Crippen LogP contribution in [0.5, 0.6) is 0 Å². The standard InChI is InChI=1S/C60H56N2/c1-37-33-50(41(5)45-21-13-9-14-22-45)57(51(34-37)42(6)46-23-15-10-16-24-46)61-59-54-39(3)29-31-49-32-30-40(4)55(56(49)54)60(59)62-58-52(43(7)47-25-17-11-18-26-47)35-38(2)36-53(58)44(8)48-27-19-12-20-28-48/h9-36,41-44H,1-8H3/t41-,42-,43-,44-/m1/s1. The Labute approximate surface area is 368 Å². The fraction of sp³-hybridized carbons (Fsp3) is 0.200. The lowest BCUT2D eigenvalue weighted by Gasteiger charge is -2.24. The van der Waals surface area contributed by atoms with Crippen molar-refractivity contribution < 1.29 is 0 Å². The van der Waals surface area contributed by atoms with Crippen LogP contribution >= 0.6 is 0 Å². The topological polar surface area (TPSA) is 24.7 Å². The van der Waals surface area contributed by atoms with Crippen LogP contribution in [0.2, 0.25) is 0 Å². The van der Waals surface area contributed by atoms with Crippen molar-refractivity contribution in [2.75, 3.05) is 0 Å². The Kier molecular flexibility index (Phi) is 11.2. The molecule has 62 heavy (non-hydrogen) atoms. The predicted octanol–water partition coefficient (Wildman–Crippen LogP) is 15.9. The molecule has 8 aromatic carbocycles. The summed E-state index contributed by atoms with van der Waals surface area (Å²) in [7, 11) is 0. The summed E-state index contributed by atoms with van der Waals surface area (Å²) in [4.78, 5) is 12.2. The fourth-order valence-electron chi connectivity index (χ4n) is 9.85.